The van der Waals surface area contributed by atoms with Gasteiger partial charge in [0.15, 0.2) is 0 Å². The molecule has 108 valence electrons. The lowest BCUT2D eigenvalue weighted by Gasteiger charge is -2.16. The molecule has 7 heteroatoms. The summed E-state index contributed by atoms with van der Waals surface area (Å²) in [5.41, 5.74) is 0. The first-order valence-corrected chi connectivity index (χ1v) is 7.38. The number of hydrogen-bond donors (Lipinski definition) is 1. The number of sulfonamides is 1. The quantitative estimate of drug-likeness (QED) is 0.916. The van der Waals surface area contributed by atoms with E-state index in [0.29, 0.717) is 19.0 Å². The van der Waals surface area contributed by atoms with Gasteiger partial charge in [0, 0.05) is 13.1 Å². The molecule has 0 spiro atoms. The van der Waals surface area contributed by atoms with E-state index >= 15 is 0 Å². The Labute approximate surface area is 119 Å². The van der Waals surface area contributed by atoms with Crippen LogP contribution in [0.25, 0.3) is 0 Å². The largest absolute Gasteiger partial charge is 0.319 e. The SMILES string of the molecule is CNCC1CCN(S(=O)(=O)c2ccc(F)cc2)C1.Cl. The van der Waals surface area contributed by atoms with E-state index in [1.165, 1.54) is 28.6 Å². The Morgan fingerprint density at radius 3 is 2.58 bits per heavy atom. The number of benzene rings is 1. The average molecular weight is 309 g/mol. The van der Waals surface area contributed by atoms with Crippen molar-refractivity contribution in [1.82, 2.24) is 9.62 Å². The first-order valence-electron chi connectivity index (χ1n) is 5.94. The van der Waals surface area contributed by atoms with Crippen LogP contribution < -0.4 is 5.32 Å². The topological polar surface area (TPSA) is 49.4 Å². The molecule has 1 N–H and O–H groups in total. The van der Waals surface area contributed by atoms with Crippen molar-refractivity contribution in [2.24, 2.45) is 5.92 Å². The lowest BCUT2D eigenvalue weighted by molar-refractivity contribution is 0.451. The van der Waals surface area contributed by atoms with Crippen LogP contribution in [0.4, 0.5) is 4.39 Å². The van der Waals surface area contributed by atoms with E-state index in [4.69, 9.17) is 0 Å². The Morgan fingerprint density at radius 1 is 1.37 bits per heavy atom. The summed E-state index contributed by atoms with van der Waals surface area (Å²) in [6.07, 6.45) is 0.862. The zero-order chi connectivity index (χ0) is 13.2. The maximum Gasteiger partial charge on any atom is 0.243 e. The second-order valence-corrected chi connectivity index (χ2v) is 6.47. The van der Waals surface area contributed by atoms with Gasteiger partial charge in [0.1, 0.15) is 5.82 Å². The molecule has 1 fully saturated rings. The van der Waals surface area contributed by atoms with Gasteiger partial charge in [-0.15, -0.1) is 12.4 Å². The third kappa shape index (κ3) is 3.66. The molecule has 4 nitrogen and oxygen atoms in total. The van der Waals surface area contributed by atoms with Crippen molar-refractivity contribution in [2.75, 3.05) is 26.7 Å². The molecular weight excluding hydrogens is 291 g/mol. The van der Waals surface area contributed by atoms with Gasteiger partial charge in [0.25, 0.3) is 0 Å². The number of hydrogen-bond acceptors (Lipinski definition) is 3. The van der Waals surface area contributed by atoms with E-state index in [9.17, 15) is 12.8 Å². The van der Waals surface area contributed by atoms with Crippen molar-refractivity contribution >= 4 is 22.4 Å². The molecule has 0 saturated carbocycles. The monoisotopic (exact) mass is 308 g/mol. The summed E-state index contributed by atoms with van der Waals surface area (Å²) in [7, 11) is -1.61. The van der Waals surface area contributed by atoms with Crippen molar-refractivity contribution < 1.29 is 12.8 Å². The lowest BCUT2D eigenvalue weighted by Crippen LogP contribution is -2.30. The molecule has 1 heterocycles. The van der Waals surface area contributed by atoms with E-state index < -0.39 is 15.8 Å². The van der Waals surface area contributed by atoms with Crippen LogP contribution in [-0.2, 0) is 10.0 Å². The maximum absolute atomic E-state index is 12.8. The van der Waals surface area contributed by atoms with Crippen molar-refractivity contribution in [3.63, 3.8) is 0 Å². The highest BCUT2D eigenvalue weighted by Gasteiger charge is 2.31. The molecular formula is C12H18ClFN2O2S. The van der Waals surface area contributed by atoms with Crippen LogP contribution in [0.3, 0.4) is 0 Å². The highest BCUT2D eigenvalue weighted by molar-refractivity contribution is 7.89. The highest BCUT2D eigenvalue weighted by Crippen LogP contribution is 2.24. The number of nitrogens with zero attached hydrogens (tertiary/aromatic N) is 1. The fraction of sp³-hybridized carbons (Fsp3) is 0.500. The third-order valence-electron chi connectivity index (χ3n) is 3.19. The Bertz CT molecular complexity index is 507. The van der Waals surface area contributed by atoms with Gasteiger partial charge in [-0.1, -0.05) is 0 Å². The van der Waals surface area contributed by atoms with Gasteiger partial charge in [-0.05, 0) is 50.2 Å². The van der Waals surface area contributed by atoms with Gasteiger partial charge in [-0.2, -0.15) is 4.31 Å². The van der Waals surface area contributed by atoms with Crippen LogP contribution in [0.5, 0.6) is 0 Å². The number of nitrogens with one attached hydrogen (secondary N) is 1. The smallest absolute Gasteiger partial charge is 0.243 e. The summed E-state index contributed by atoms with van der Waals surface area (Å²) < 4.78 is 38.8. The lowest BCUT2D eigenvalue weighted by atomic mass is 10.1. The molecule has 1 atom stereocenters. The molecule has 2 rings (SSSR count). The average Bonchev–Trinajstić information content (AvgIpc) is 2.79. The molecule has 0 aromatic heterocycles. The summed E-state index contributed by atoms with van der Waals surface area (Å²) in [5.74, 6) is -0.0753. The maximum atomic E-state index is 12.8. The van der Waals surface area contributed by atoms with Crippen molar-refractivity contribution in [1.29, 1.82) is 0 Å². The van der Waals surface area contributed by atoms with E-state index in [0.717, 1.165) is 13.0 Å². The Kier molecular flexibility index (Phi) is 5.73. The number of halogens is 2. The van der Waals surface area contributed by atoms with Crippen LogP contribution in [-0.4, -0.2) is 39.4 Å². The normalized spacial score (nSPS) is 20.2. The van der Waals surface area contributed by atoms with Crippen molar-refractivity contribution in [2.45, 2.75) is 11.3 Å². The van der Waals surface area contributed by atoms with Crippen molar-refractivity contribution in [3.05, 3.63) is 30.1 Å². The first kappa shape index (κ1) is 16.4. The minimum atomic E-state index is -3.47. The van der Waals surface area contributed by atoms with E-state index in [1.54, 1.807) is 0 Å². The molecule has 0 amide bonds. The minimum Gasteiger partial charge on any atom is -0.319 e. The molecule has 1 aromatic carbocycles. The van der Waals surface area contributed by atoms with Crippen molar-refractivity contribution in [3.8, 4) is 0 Å². The summed E-state index contributed by atoms with van der Waals surface area (Å²) in [6.45, 7) is 1.88. The van der Waals surface area contributed by atoms with Crippen LogP contribution in [0.1, 0.15) is 6.42 Å². The minimum absolute atomic E-state index is 0. The van der Waals surface area contributed by atoms with E-state index in [1.807, 2.05) is 7.05 Å². The molecule has 1 aromatic rings. The summed E-state index contributed by atoms with van der Waals surface area (Å²) in [5, 5.41) is 3.06. The zero-order valence-corrected chi connectivity index (χ0v) is 12.3. The highest BCUT2D eigenvalue weighted by atomic mass is 35.5. The zero-order valence-electron chi connectivity index (χ0n) is 10.7. The number of rotatable bonds is 4. The molecule has 1 aliphatic rings. The molecule has 0 aliphatic carbocycles. The van der Waals surface area contributed by atoms with Gasteiger partial charge < -0.3 is 5.32 Å². The fourth-order valence-electron chi connectivity index (χ4n) is 2.23. The second-order valence-electron chi connectivity index (χ2n) is 4.53. The van der Waals surface area contributed by atoms with Crippen LogP contribution in [0, 0.1) is 11.7 Å². The third-order valence-corrected chi connectivity index (χ3v) is 5.07. The summed E-state index contributed by atoms with van der Waals surface area (Å²) in [4.78, 5) is 0.161. The van der Waals surface area contributed by atoms with E-state index in [-0.39, 0.29) is 17.3 Å². The Balaban J connectivity index is 0.00000180. The van der Waals surface area contributed by atoms with Gasteiger partial charge in [-0.25, -0.2) is 12.8 Å². The molecule has 1 aliphatic heterocycles. The van der Waals surface area contributed by atoms with Gasteiger partial charge in [-0.3, -0.25) is 0 Å². The van der Waals surface area contributed by atoms with Gasteiger partial charge >= 0.3 is 0 Å². The summed E-state index contributed by atoms with van der Waals surface area (Å²) in [6, 6.07) is 4.98. The molecule has 0 bridgehead atoms. The Hall–Kier alpha value is -0.690. The van der Waals surface area contributed by atoms with Gasteiger partial charge in [0.05, 0.1) is 4.90 Å². The summed E-state index contributed by atoms with van der Waals surface area (Å²) >= 11 is 0. The van der Waals surface area contributed by atoms with Gasteiger partial charge in [0.2, 0.25) is 10.0 Å². The van der Waals surface area contributed by atoms with Crippen LogP contribution >= 0.6 is 12.4 Å². The molecule has 0 radical (unpaired) electrons. The first-order chi connectivity index (χ1) is 8.54. The Morgan fingerprint density at radius 2 is 2.00 bits per heavy atom. The predicted molar refractivity (Wildman–Crippen MR) is 74.4 cm³/mol. The van der Waals surface area contributed by atoms with E-state index in [2.05, 4.69) is 5.32 Å². The second kappa shape index (κ2) is 6.65. The van der Waals surface area contributed by atoms with Crippen LogP contribution in [0.2, 0.25) is 0 Å². The fourth-order valence-corrected chi connectivity index (χ4v) is 3.76. The molecule has 1 unspecified atom stereocenters. The van der Waals surface area contributed by atoms with Crippen LogP contribution in [0.15, 0.2) is 29.2 Å². The molecule has 19 heavy (non-hydrogen) atoms. The predicted octanol–water partition coefficient (Wildman–Crippen LogP) is 1.48. The molecule has 1 saturated heterocycles. The standard InChI is InChI=1S/C12H17FN2O2S.ClH/c1-14-8-10-6-7-15(9-10)18(16,17)12-4-2-11(13)3-5-12;/h2-5,10,14H,6-9H2,1H3;1H.